The van der Waals surface area contributed by atoms with Gasteiger partial charge in [0.05, 0.1) is 5.92 Å². The summed E-state index contributed by atoms with van der Waals surface area (Å²) in [5.74, 6) is 0.704. The Kier molecular flexibility index (Phi) is 5.85. The number of nitrogens with zero attached hydrogens (tertiary/aromatic N) is 5. The zero-order chi connectivity index (χ0) is 21.2. The van der Waals surface area contributed by atoms with E-state index in [1.807, 2.05) is 12.3 Å². The molecule has 0 aliphatic carbocycles. The lowest BCUT2D eigenvalue weighted by Gasteiger charge is -2.35. The number of carbonyl (C=O) groups is 1. The van der Waals surface area contributed by atoms with E-state index in [1.54, 1.807) is 11.3 Å². The highest BCUT2D eigenvalue weighted by Crippen LogP contribution is 2.33. The Hall–Kier alpha value is -2.55. The lowest BCUT2D eigenvalue weighted by atomic mass is 10.1. The lowest BCUT2D eigenvalue weighted by Crippen LogP contribution is -2.48. The van der Waals surface area contributed by atoms with Crippen LogP contribution >= 0.6 is 11.3 Å². The van der Waals surface area contributed by atoms with Crippen molar-refractivity contribution in [2.45, 2.75) is 6.42 Å². The Morgan fingerprint density at radius 1 is 1.06 bits per heavy atom. The number of benzene rings is 1. The van der Waals surface area contributed by atoms with Gasteiger partial charge in [-0.2, -0.15) is 0 Å². The molecule has 0 bridgehead atoms. The quantitative estimate of drug-likeness (QED) is 0.639. The van der Waals surface area contributed by atoms with Crippen LogP contribution in [0.3, 0.4) is 0 Å². The summed E-state index contributed by atoms with van der Waals surface area (Å²) in [6.45, 7) is 7.72. The molecule has 1 aromatic carbocycles. The number of thiophene rings is 1. The molecule has 1 atom stereocenters. The van der Waals surface area contributed by atoms with Crippen molar-refractivity contribution in [3.8, 4) is 11.1 Å². The predicted octanol–water partition coefficient (Wildman–Crippen LogP) is 2.29. The van der Waals surface area contributed by atoms with Gasteiger partial charge in [-0.3, -0.25) is 9.69 Å². The minimum atomic E-state index is -0.158. The van der Waals surface area contributed by atoms with Gasteiger partial charge >= 0.3 is 0 Å². The van der Waals surface area contributed by atoms with E-state index in [0.717, 1.165) is 74.9 Å². The molecule has 0 unspecified atom stereocenters. The summed E-state index contributed by atoms with van der Waals surface area (Å²) in [7, 11) is 0. The third-order valence-electron chi connectivity index (χ3n) is 6.47. The molecule has 5 rings (SSSR count). The SMILES string of the molecule is NC(=O)[C@@H]1CCN(CCN2CCN(c3ncc4c(-c5ccccc5)csc4n3)CC2)C1. The number of fused-ring (bicyclic) bond motifs is 1. The van der Waals surface area contributed by atoms with Gasteiger partial charge in [-0.25, -0.2) is 9.97 Å². The number of aromatic nitrogens is 2. The van der Waals surface area contributed by atoms with Gasteiger partial charge < -0.3 is 15.5 Å². The maximum atomic E-state index is 11.3. The second kappa shape index (κ2) is 8.90. The van der Waals surface area contributed by atoms with Gasteiger partial charge in [-0.15, -0.1) is 11.3 Å². The predicted molar refractivity (Wildman–Crippen MR) is 125 cm³/mol. The lowest BCUT2D eigenvalue weighted by molar-refractivity contribution is -0.121. The fourth-order valence-electron chi connectivity index (χ4n) is 4.53. The fourth-order valence-corrected chi connectivity index (χ4v) is 5.44. The van der Waals surface area contributed by atoms with Gasteiger partial charge in [0.15, 0.2) is 0 Å². The highest BCUT2D eigenvalue weighted by molar-refractivity contribution is 7.17. The van der Waals surface area contributed by atoms with E-state index >= 15 is 0 Å². The smallest absolute Gasteiger partial charge is 0.226 e. The molecule has 8 heteroatoms. The second-order valence-electron chi connectivity index (χ2n) is 8.42. The van der Waals surface area contributed by atoms with Crippen molar-refractivity contribution >= 4 is 33.4 Å². The Bertz CT molecular complexity index is 1050. The van der Waals surface area contributed by atoms with E-state index in [9.17, 15) is 4.79 Å². The van der Waals surface area contributed by atoms with Gasteiger partial charge in [0.2, 0.25) is 11.9 Å². The maximum Gasteiger partial charge on any atom is 0.226 e. The zero-order valence-electron chi connectivity index (χ0n) is 17.6. The van der Waals surface area contributed by atoms with Crippen LogP contribution in [0.15, 0.2) is 41.9 Å². The van der Waals surface area contributed by atoms with E-state index in [1.165, 1.54) is 11.1 Å². The standard InChI is InChI=1S/C23H28N6OS/c24-21(30)18-6-7-28(15-18)9-8-27-10-12-29(13-11-27)23-25-14-19-20(16-31-22(19)26-23)17-4-2-1-3-5-17/h1-5,14,16,18H,6-13,15H2,(H2,24,30)/t18-/m1/s1. The summed E-state index contributed by atoms with van der Waals surface area (Å²) in [6, 6.07) is 10.4. The Morgan fingerprint density at radius 3 is 2.58 bits per heavy atom. The van der Waals surface area contributed by atoms with Crippen molar-refractivity contribution in [3.05, 3.63) is 41.9 Å². The van der Waals surface area contributed by atoms with E-state index in [4.69, 9.17) is 15.7 Å². The number of primary amides is 1. The molecule has 2 aliphatic rings. The molecular weight excluding hydrogens is 408 g/mol. The highest BCUT2D eigenvalue weighted by atomic mass is 32.1. The topological polar surface area (TPSA) is 78.6 Å². The van der Waals surface area contributed by atoms with Gasteiger partial charge in [-0.1, -0.05) is 30.3 Å². The minimum Gasteiger partial charge on any atom is -0.369 e. The summed E-state index contributed by atoms with van der Waals surface area (Å²) >= 11 is 1.69. The average Bonchev–Trinajstić information content (AvgIpc) is 3.46. The van der Waals surface area contributed by atoms with Crippen molar-refractivity contribution in [1.82, 2.24) is 19.8 Å². The van der Waals surface area contributed by atoms with E-state index in [-0.39, 0.29) is 11.8 Å². The van der Waals surface area contributed by atoms with Crippen molar-refractivity contribution < 1.29 is 4.79 Å². The van der Waals surface area contributed by atoms with Crippen LogP contribution in [0.5, 0.6) is 0 Å². The van der Waals surface area contributed by atoms with E-state index < -0.39 is 0 Å². The number of rotatable bonds is 6. The van der Waals surface area contributed by atoms with Crippen LogP contribution in [0.4, 0.5) is 5.95 Å². The molecule has 2 saturated heterocycles. The first kappa shape index (κ1) is 20.4. The molecule has 7 nitrogen and oxygen atoms in total. The molecule has 0 radical (unpaired) electrons. The first-order valence-corrected chi connectivity index (χ1v) is 11.8. The summed E-state index contributed by atoms with van der Waals surface area (Å²) in [5, 5.41) is 3.30. The molecule has 2 N–H and O–H groups in total. The van der Waals surface area contributed by atoms with Crippen LogP contribution < -0.4 is 10.6 Å². The van der Waals surface area contributed by atoms with E-state index in [0.29, 0.717) is 0 Å². The van der Waals surface area contributed by atoms with Crippen LogP contribution in [0, 0.1) is 5.92 Å². The molecule has 1 amide bonds. The number of hydrogen-bond donors (Lipinski definition) is 1. The number of nitrogens with two attached hydrogens (primary N) is 1. The molecule has 0 saturated carbocycles. The van der Waals surface area contributed by atoms with Crippen molar-refractivity contribution in [2.24, 2.45) is 11.7 Å². The third-order valence-corrected chi connectivity index (χ3v) is 7.35. The average molecular weight is 437 g/mol. The third kappa shape index (κ3) is 4.42. The summed E-state index contributed by atoms with van der Waals surface area (Å²) in [5.41, 5.74) is 7.86. The van der Waals surface area contributed by atoms with Crippen LogP contribution in [-0.2, 0) is 4.79 Å². The number of carbonyl (C=O) groups excluding carboxylic acids is 1. The first-order valence-electron chi connectivity index (χ1n) is 11.0. The molecular formula is C23H28N6OS. The fraction of sp³-hybridized carbons (Fsp3) is 0.435. The second-order valence-corrected chi connectivity index (χ2v) is 9.28. The Morgan fingerprint density at radius 2 is 1.84 bits per heavy atom. The highest BCUT2D eigenvalue weighted by Gasteiger charge is 2.27. The minimum absolute atomic E-state index is 0.0311. The van der Waals surface area contributed by atoms with Crippen LogP contribution in [0.2, 0.25) is 0 Å². The Labute approximate surface area is 186 Å². The largest absolute Gasteiger partial charge is 0.369 e. The van der Waals surface area contributed by atoms with Crippen molar-refractivity contribution in [3.63, 3.8) is 0 Å². The summed E-state index contributed by atoms with van der Waals surface area (Å²) in [4.78, 5) is 29.1. The van der Waals surface area contributed by atoms with Gasteiger partial charge in [0.1, 0.15) is 4.83 Å². The molecule has 162 valence electrons. The molecule has 4 heterocycles. The molecule has 2 fully saturated rings. The number of hydrogen-bond acceptors (Lipinski definition) is 7. The van der Waals surface area contributed by atoms with Crippen molar-refractivity contribution in [1.29, 1.82) is 0 Å². The molecule has 2 aliphatic heterocycles. The number of likely N-dealkylation sites (tertiary alicyclic amines) is 1. The number of anilines is 1. The van der Waals surface area contributed by atoms with E-state index in [2.05, 4.69) is 44.3 Å². The normalized spacial score (nSPS) is 20.5. The zero-order valence-corrected chi connectivity index (χ0v) is 18.4. The molecule has 0 spiro atoms. The van der Waals surface area contributed by atoms with Gasteiger partial charge in [0, 0.05) is 68.3 Å². The van der Waals surface area contributed by atoms with Crippen molar-refractivity contribution in [2.75, 3.05) is 57.3 Å². The summed E-state index contributed by atoms with van der Waals surface area (Å²) in [6.07, 6.45) is 2.88. The molecule has 2 aromatic heterocycles. The maximum absolute atomic E-state index is 11.3. The van der Waals surface area contributed by atoms with Crippen LogP contribution in [0.25, 0.3) is 21.3 Å². The van der Waals surface area contributed by atoms with Gasteiger partial charge in [-0.05, 0) is 18.5 Å². The van der Waals surface area contributed by atoms with Gasteiger partial charge in [0.25, 0.3) is 0 Å². The monoisotopic (exact) mass is 436 g/mol. The Balaban J connectivity index is 1.17. The molecule has 31 heavy (non-hydrogen) atoms. The van der Waals surface area contributed by atoms with Crippen LogP contribution in [-0.4, -0.2) is 78.0 Å². The molecule has 3 aromatic rings. The summed E-state index contributed by atoms with van der Waals surface area (Å²) < 4.78 is 0. The number of piperazine rings is 1. The van der Waals surface area contributed by atoms with Crippen LogP contribution in [0.1, 0.15) is 6.42 Å². The number of amides is 1. The first-order chi connectivity index (χ1) is 15.2.